The summed E-state index contributed by atoms with van der Waals surface area (Å²) in [6.07, 6.45) is 3.38. The number of hydrogen-bond acceptors (Lipinski definition) is 3. The first-order valence-electron chi connectivity index (χ1n) is 6.38. The highest BCUT2D eigenvalue weighted by molar-refractivity contribution is 5.84. The Labute approximate surface area is 103 Å². The number of likely N-dealkylation sites (tertiary alicyclic amines) is 1. The van der Waals surface area contributed by atoms with Crippen LogP contribution in [0.2, 0.25) is 0 Å². The molecule has 2 amide bonds. The van der Waals surface area contributed by atoms with Crippen LogP contribution in [0.15, 0.2) is 0 Å². The monoisotopic (exact) mass is 241 g/mol. The van der Waals surface area contributed by atoms with Crippen LogP contribution in [0.4, 0.5) is 0 Å². The SMILES string of the molecule is CC(CN)CCC(=O)NCC(=O)N1CCCC1. The molecule has 1 fully saturated rings. The summed E-state index contributed by atoms with van der Waals surface area (Å²) in [5.41, 5.74) is 5.47. The molecule has 0 saturated carbocycles. The molecule has 0 aromatic rings. The Hall–Kier alpha value is -1.10. The van der Waals surface area contributed by atoms with Crippen molar-refractivity contribution in [2.45, 2.75) is 32.6 Å². The lowest BCUT2D eigenvalue weighted by atomic mass is 10.1. The molecule has 5 heteroatoms. The van der Waals surface area contributed by atoms with E-state index in [1.165, 1.54) is 0 Å². The molecule has 98 valence electrons. The van der Waals surface area contributed by atoms with E-state index < -0.39 is 0 Å². The minimum Gasteiger partial charge on any atom is -0.347 e. The second-order valence-electron chi connectivity index (χ2n) is 4.74. The van der Waals surface area contributed by atoms with Gasteiger partial charge in [-0.25, -0.2) is 0 Å². The van der Waals surface area contributed by atoms with Crippen molar-refractivity contribution < 1.29 is 9.59 Å². The largest absolute Gasteiger partial charge is 0.347 e. The number of rotatable bonds is 6. The van der Waals surface area contributed by atoms with Crippen molar-refractivity contribution in [2.24, 2.45) is 11.7 Å². The summed E-state index contributed by atoms with van der Waals surface area (Å²) >= 11 is 0. The van der Waals surface area contributed by atoms with Crippen molar-refractivity contribution in [2.75, 3.05) is 26.2 Å². The minimum atomic E-state index is -0.0575. The summed E-state index contributed by atoms with van der Waals surface area (Å²) in [4.78, 5) is 24.9. The third-order valence-corrected chi connectivity index (χ3v) is 3.16. The molecule has 0 spiro atoms. The van der Waals surface area contributed by atoms with Gasteiger partial charge in [-0.1, -0.05) is 6.92 Å². The maximum absolute atomic E-state index is 11.6. The maximum Gasteiger partial charge on any atom is 0.241 e. The molecule has 0 aliphatic carbocycles. The second-order valence-corrected chi connectivity index (χ2v) is 4.74. The zero-order valence-electron chi connectivity index (χ0n) is 10.6. The van der Waals surface area contributed by atoms with Gasteiger partial charge in [-0.2, -0.15) is 0 Å². The molecule has 0 aromatic heterocycles. The maximum atomic E-state index is 11.6. The van der Waals surface area contributed by atoms with Gasteiger partial charge >= 0.3 is 0 Å². The van der Waals surface area contributed by atoms with Crippen LogP contribution in [0.3, 0.4) is 0 Å². The van der Waals surface area contributed by atoms with Gasteiger partial charge in [0.2, 0.25) is 11.8 Å². The number of nitrogens with two attached hydrogens (primary N) is 1. The minimum absolute atomic E-state index is 0.0303. The van der Waals surface area contributed by atoms with E-state index in [9.17, 15) is 9.59 Å². The van der Waals surface area contributed by atoms with E-state index in [0.29, 0.717) is 18.9 Å². The first kappa shape index (κ1) is 14.0. The van der Waals surface area contributed by atoms with Crippen LogP contribution < -0.4 is 11.1 Å². The second kappa shape index (κ2) is 7.27. The fraction of sp³-hybridized carbons (Fsp3) is 0.833. The molecule has 5 nitrogen and oxygen atoms in total. The molecular formula is C12H23N3O2. The molecule has 1 heterocycles. The average Bonchev–Trinajstić information content (AvgIpc) is 2.86. The lowest BCUT2D eigenvalue weighted by molar-refractivity contribution is -0.132. The normalized spacial score (nSPS) is 16.9. The standard InChI is InChI=1S/C12H23N3O2/c1-10(8-13)4-5-11(16)14-9-12(17)15-6-2-3-7-15/h10H,2-9,13H2,1H3,(H,14,16). The zero-order chi connectivity index (χ0) is 12.7. The topological polar surface area (TPSA) is 75.4 Å². The van der Waals surface area contributed by atoms with E-state index in [2.05, 4.69) is 5.32 Å². The molecule has 3 N–H and O–H groups in total. The molecule has 1 aliphatic heterocycles. The highest BCUT2D eigenvalue weighted by atomic mass is 16.2. The molecule has 1 unspecified atom stereocenters. The summed E-state index contributed by atoms with van der Waals surface area (Å²) in [7, 11) is 0. The fourth-order valence-electron chi connectivity index (χ4n) is 1.84. The zero-order valence-corrected chi connectivity index (χ0v) is 10.6. The molecule has 0 bridgehead atoms. The number of nitrogens with zero attached hydrogens (tertiary/aromatic N) is 1. The number of nitrogens with one attached hydrogen (secondary N) is 1. The van der Waals surface area contributed by atoms with Crippen LogP contribution in [0, 0.1) is 5.92 Å². The van der Waals surface area contributed by atoms with Gasteiger partial charge in [0.05, 0.1) is 6.54 Å². The van der Waals surface area contributed by atoms with Crippen LogP contribution in [-0.2, 0) is 9.59 Å². The predicted octanol–water partition coefficient (Wildman–Crippen LogP) is 0.100. The Bertz CT molecular complexity index is 262. The van der Waals surface area contributed by atoms with E-state index in [-0.39, 0.29) is 18.4 Å². The molecule has 1 atom stereocenters. The third-order valence-electron chi connectivity index (χ3n) is 3.16. The first-order valence-corrected chi connectivity index (χ1v) is 6.38. The molecule has 1 saturated heterocycles. The first-order chi connectivity index (χ1) is 8.13. The lowest BCUT2D eigenvalue weighted by Gasteiger charge is -2.15. The smallest absolute Gasteiger partial charge is 0.241 e. The Morgan fingerprint density at radius 3 is 2.59 bits per heavy atom. The van der Waals surface area contributed by atoms with Crippen molar-refractivity contribution in [3.05, 3.63) is 0 Å². The van der Waals surface area contributed by atoms with Gasteiger partial charge in [-0.05, 0) is 31.7 Å². The highest BCUT2D eigenvalue weighted by Gasteiger charge is 2.18. The number of carbonyl (C=O) groups is 2. The Morgan fingerprint density at radius 2 is 2.00 bits per heavy atom. The number of hydrogen-bond donors (Lipinski definition) is 2. The summed E-state index contributed by atoms with van der Waals surface area (Å²) < 4.78 is 0. The lowest BCUT2D eigenvalue weighted by Crippen LogP contribution is -2.38. The summed E-state index contributed by atoms with van der Waals surface area (Å²) in [5.74, 6) is 0.329. The third kappa shape index (κ3) is 5.17. The molecule has 1 aliphatic rings. The van der Waals surface area contributed by atoms with Gasteiger partial charge in [0.1, 0.15) is 0 Å². The molecule has 0 radical (unpaired) electrons. The molecular weight excluding hydrogens is 218 g/mol. The van der Waals surface area contributed by atoms with Gasteiger partial charge in [-0.3, -0.25) is 9.59 Å². The van der Waals surface area contributed by atoms with E-state index in [0.717, 1.165) is 32.4 Å². The molecule has 17 heavy (non-hydrogen) atoms. The summed E-state index contributed by atoms with van der Waals surface area (Å²) in [6.45, 7) is 4.41. The fourth-order valence-corrected chi connectivity index (χ4v) is 1.84. The summed E-state index contributed by atoms with van der Waals surface area (Å²) in [6, 6.07) is 0. The van der Waals surface area contributed by atoms with Gasteiger partial charge in [0, 0.05) is 19.5 Å². The summed E-state index contributed by atoms with van der Waals surface area (Å²) in [5, 5.41) is 2.67. The van der Waals surface area contributed by atoms with E-state index in [4.69, 9.17) is 5.73 Å². The van der Waals surface area contributed by atoms with Crippen LogP contribution in [-0.4, -0.2) is 42.9 Å². The van der Waals surface area contributed by atoms with Crippen molar-refractivity contribution in [3.8, 4) is 0 Å². The van der Waals surface area contributed by atoms with E-state index >= 15 is 0 Å². The number of carbonyl (C=O) groups excluding carboxylic acids is 2. The van der Waals surface area contributed by atoms with Crippen LogP contribution in [0.5, 0.6) is 0 Å². The van der Waals surface area contributed by atoms with E-state index in [1.54, 1.807) is 0 Å². The van der Waals surface area contributed by atoms with Gasteiger partial charge in [0.25, 0.3) is 0 Å². The van der Waals surface area contributed by atoms with Crippen molar-refractivity contribution in [3.63, 3.8) is 0 Å². The van der Waals surface area contributed by atoms with Gasteiger partial charge < -0.3 is 16.0 Å². The van der Waals surface area contributed by atoms with E-state index in [1.807, 2.05) is 11.8 Å². The average molecular weight is 241 g/mol. The predicted molar refractivity (Wildman–Crippen MR) is 66.3 cm³/mol. The van der Waals surface area contributed by atoms with Crippen molar-refractivity contribution in [1.29, 1.82) is 0 Å². The Kier molecular flexibility index (Phi) is 5.97. The van der Waals surface area contributed by atoms with Crippen molar-refractivity contribution >= 4 is 11.8 Å². The number of amides is 2. The van der Waals surface area contributed by atoms with Crippen LogP contribution in [0.1, 0.15) is 32.6 Å². The van der Waals surface area contributed by atoms with Gasteiger partial charge in [-0.15, -0.1) is 0 Å². The highest BCUT2D eigenvalue weighted by Crippen LogP contribution is 2.07. The molecule has 1 rings (SSSR count). The van der Waals surface area contributed by atoms with Crippen LogP contribution in [0.25, 0.3) is 0 Å². The van der Waals surface area contributed by atoms with Crippen LogP contribution >= 0.6 is 0 Å². The van der Waals surface area contributed by atoms with Gasteiger partial charge in [0.15, 0.2) is 0 Å². The van der Waals surface area contributed by atoms with Crippen molar-refractivity contribution in [1.82, 2.24) is 10.2 Å². The quantitative estimate of drug-likeness (QED) is 0.692. The molecule has 0 aromatic carbocycles. The Morgan fingerprint density at radius 1 is 1.35 bits per heavy atom. The Balaban J connectivity index is 2.12.